The number of aryl methyl sites for hydroxylation is 2. The van der Waals surface area contributed by atoms with Crippen molar-refractivity contribution in [2.45, 2.75) is 26.3 Å². The maximum Gasteiger partial charge on any atom is 0.161 e. The number of nitrogens with one attached hydrogen (secondary N) is 1. The van der Waals surface area contributed by atoms with E-state index in [0.29, 0.717) is 0 Å². The van der Waals surface area contributed by atoms with Gasteiger partial charge in [0.25, 0.3) is 0 Å². The minimum absolute atomic E-state index is 0.211. The van der Waals surface area contributed by atoms with Gasteiger partial charge in [-0.25, -0.2) is 0 Å². The smallest absolute Gasteiger partial charge is 0.161 e. The molecule has 1 aliphatic rings. The summed E-state index contributed by atoms with van der Waals surface area (Å²) in [5, 5.41) is 3.63. The molecule has 0 aliphatic carbocycles. The summed E-state index contributed by atoms with van der Waals surface area (Å²) in [4.78, 5) is 0. The Morgan fingerprint density at radius 2 is 1.68 bits per heavy atom. The highest BCUT2D eigenvalue weighted by Crippen LogP contribution is 2.37. The van der Waals surface area contributed by atoms with Gasteiger partial charge in [-0.05, 0) is 60.2 Å². The lowest BCUT2D eigenvalue weighted by Crippen LogP contribution is -2.30. The van der Waals surface area contributed by atoms with Crippen molar-refractivity contribution < 1.29 is 9.47 Å². The quantitative estimate of drug-likeness (QED) is 0.939. The topological polar surface area (TPSA) is 30.5 Å². The fourth-order valence-electron chi connectivity index (χ4n) is 3.12. The number of rotatable bonds is 3. The van der Waals surface area contributed by atoms with Crippen molar-refractivity contribution in [2.75, 3.05) is 20.8 Å². The van der Waals surface area contributed by atoms with E-state index in [4.69, 9.17) is 9.47 Å². The van der Waals surface area contributed by atoms with Gasteiger partial charge in [-0.15, -0.1) is 0 Å². The molecule has 0 saturated heterocycles. The van der Waals surface area contributed by atoms with Gasteiger partial charge in [-0.1, -0.05) is 18.2 Å². The molecule has 1 N–H and O–H groups in total. The second-order valence-corrected chi connectivity index (χ2v) is 5.89. The van der Waals surface area contributed by atoms with Crippen molar-refractivity contribution in [1.29, 1.82) is 0 Å². The monoisotopic (exact) mass is 297 g/mol. The SMILES string of the molecule is COc1cc2c(cc1OC)C(c1ccc(C)c(C)c1)NCC2. The van der Waals surface area contributed by atoms with Crippen LogP contribution in [0.3, 0.4) is 0 Å². The number of hydrogen-bond acceptors (Lipinski definition) is 3. The van der Waals surface area contributed by atoms with Gasteiger partial charge in [0.15, 0.2) is 11.5 Å². The van der Waals surface area contributed by atoms with Crippen LogP contribution < -0.4 is 14.8 Å². The van der Waals surface area contributed by atoms with Crippen molar-refractivity contribution in [2.24, 2.45) is 0 Å². The molecule has 0 amide bonds. The van der Waals surface area contributed by atoms with Crippen LogP contribution in [0.2, 0.25) is 0 Å². The van der Waals surface area contributed by atoms with Crippen molar-refractivity contribution >= 4 is 0 Å². The second-order valence-electron chi connectivity index (χ2n) is 5.89. The minimum Gasteiger partial charge on any atom is -0.493 e. The normalized spacial score (nSPS) is 17.0. The highest BCUT2D eigenvalue weighted by molar-refractivity contribution is 5.52. The zero-order chi connectivity index (χ0) is 15.7. The lowest BCUT2D eigenvalue weighted by atomic mass is 9.88. The van der Waals surface area contributed by atoms with E-state index in [2.05, 4.69) is 49.5 Å². The van der Waals surface area contributed by atoms with Crippen LogP contribution in [0.4, 0.5) is 0 Å². The number of hydrogen-bond donors (Lipinski definition) is 1. The summed E-state index contributed by atoms with van der Waals surface area (Å²) >= 11 is 0. The molecule has 1 aliphatic heterocycles. The Morgan fingerprint density at radius 1 is 0.955 bits per heavy atom. The summed E-state index contributed by atoms with van der Waals surface area (Å²) in [6.45, 7) is 5.28. The van der Waals surface area contributed by atoms with E-state index in [-0.39, 0.29) is 6.04 Å². The molecule has 116 valence electrons. The van der Waals surface area contributed by atoms with Gasteiger partial charge in [-0.3, -0.25) is 0 Å². The van der Waals surface area contributed by atoms with E-state index in [0.717, 1.165) is 24.5 Å². The third-order valence-electron chi connectivity index (χ3n) is 4.56. The third-order valence-corrected chi connectivity index (χ3v) is 4.56. The molecule has 0 fully saturated rings. The molecule has 0 saturated carbocycles. The maximum atomic E-state index is 5.48. The first-order valence-electron chi connectivity index (χ1n) is 7.69. The number of ether oxygens (including phenoxy) is 2. The average Bonchev–Trinajstić information content (AvgIpc) is 2.55. The highest BCUT2D eigenvalue weighted by Gasteiger charge is 2.24. The molecule has 0 aromatic heterocycles. The number of methoxy groups -OCH3 is 2. The van der Waals surface area contributed by atoms with Gasteiger partial charge < -0.3 is 14.8 Å². The Balaban J connectivity index is 2.08. The van der Waals surface area contributed by atoms with E-state index in [1.807, 2.05) is 0 Å². The zero-order valence-corrected chi connectivity index (χ0v) is 13.7. The highest BCUT2D eigenvalue weighted by atomic mass is 16.5. The largest absolute Gasteiger partial charge is 0.493 e. The zero-order valence-electron chi connectivity index (χ0n) is 13.7. The lowest BCUT2D eigenvalue weighted by Gasteiger charge is -2.29. The fourth-order valence-corrected chi connectivity index (χ4v) is 3.12. The predicted molar refractivity (Wildman–Crippen MR) is 89.0 cm³/mol. The first-order chi connectivity index (χ1) is 10.6. The van der Waals surface area contributed by atoms with E-state index in [1.54, 1.807) is 14.2 Å². The lowest BCUT2D eigenvalue weighted by molar-refractivity contribution is 0.353. The molecule has 3 nitrogen and oxygen atoms in total. The molecule has 0 radical (unpaired) electrons. The van der Waals surface area contributed by atoms with E-state index in [9.17, 15) is 0 Å². The Bertz CT molecular complexity index is 694. The molecule has 1 atom stereocenters. The Kier molecular flexibility index (Phi) is 4.08. The Morgan fingerprint density at radius 3 is 2.36 bits per heavy atom. The summed E-state index contributed by atoms with van der Waals surface area (Å²) in [5.41, 5.74) is 6.57. The molecule has 2 aromatic carbocycles. The molecule has 0 spiro atoms. The standard InChI is InChI=1S/C19H23NO2/c1-12-5-6-15(9-13(12)2)19-16-11-18(22-4)17(21-3)10-14(16)7-8-20-19/h5-6,9-11,19-20H,7-8H2,1-4H3. The molecule has 3 heteroatoms. The molecular weight excluding hydrogens is 274 g/mol. The fraction of sp³-hybridized carbons (Fsp3) is 0.368. The average molecular weight is 297 g/mol. The van der Waals surface area contributed by atoms with Crippen molar-refractivity contribution in [3.05, 3.63) is 58.1 Å². The second kappa shape index (κ2) is 6.01. The van der Waals surface area contributed by atoms with Crippen LogP contribution in [0, 0.1) is 13.8 Å². The van der Waals surface area contributed by atoms with Gasteiger partial charge in [0, 0.05) is 6.54 Å². The van der Waals surface area contributed by atoms with Crippen LogP contribution in [-0.4, -0.2) is 20.8 Å². The molecule has 22 heavy (non-hydrogen) atoms. The Labute approximate surface area is 132 Å². The van der Waals surface area contributed by atoms with E-state index in [1.165, 1.54) is 27.8 Å². The van der Waals surface area contributed by atoms with Crippen molar-refractivity contribution in [3.63, 3.8) is 0 Å². The van der Waals surface area contributed by atoms with E-state index < -0.39 is 0 Å². The first kappa shape index (κ1) is 14.9. The van der Waals surface area contributed by atoms with Crippen LogP contribution in [0.15, 0.2) is 30.3 Å². The van der Waals surface area contributed by atoms with Crippen LogP contribution >= 0.6 is 0 Å². The van der Waals surface area contributed by atoms with Gasteiger partial charge >= 0.3 is 0 Å². The molecule has 1 heterocycles. The van der Waals surface area contributed by atoms with Gasteiger partial charge in [0.1, 0.15) is 0 Å². The maximum absolute atomic E-state index is 5.48. The molecule has 0 bridgehead atoms. The van der Waals surface area contributed by atoms with Crippen LogP contribution in [0.1, 0.15) is 33.9 Å². The van der Waals surface area contributed by atoms with Gasteiger partial charge in [0.05, 0.1) is 20.3 Å². The Hall–Kier alpha value is -2.00. The summed E-state index contributed by atoms with van der Waals surface area (Å²) in [7, 11) is 3.37. The number of benzene rings is 2. The van der Waals surface area contributed by atoms with Gasteiger partial charge in [0.2, 0.25) is 0 Å². The van der Waals surface area contributed by atoms with Crippen molar-refractivity contribution in [3.8, 4) is 11.5 Å². The minimum atomic E-state index is 0.211. The molecule has 2 aromatic rings. The first-order valence-corrected chi connectivity index (χ1v) is 7.69. The molecule has 3 rings (SSSR count). The molecule has 1 unspecified atom stereocenters. The molecular formula is C19H23NO2. The summed E-state index contributed by atoms with van der Waals surface area (Å²) < 4.78 is 10.9. The van der Waals surface area contributed by atoms with Crippen LogP contribution in [-0.2, 0) is 6.42 Å². The number of fused-ring (bicyclic) bond motifs is 1. The summed E-state index contributed by atoms with van der Waals surface area (Å²) in [6, 6.07) is 11.1. The predicted octanol–water partition coefficient (Wildman–Crippen LogP) is 3.56. The summed E-state index contributed by atoms with van der Waals surface area (Å²) in [5.74, 6) is 1.60. The van der Waals surface area contributed by atoms with Crippen LogP contribution in [0.5, 0.6) is 11.5 Å². The van der Waals surface area contributed by atoms with Crippen LogP contribution in [0.25, 0.3) is 0 Å². The van der Waals surface area contributed by atoms with Gasteiger partial charge in [-0.2, -0.15) is 0 Å². The third kappa shape index (κ3) is 2.57. The van der Waals surface area contributed by atoms with Crippen molar-refractivity contribution in [1.82, 2.24) is 5.32 Å². The van der Waals surface area contributed by atoms with E-state index >= 15 is 0 Å². The summed E-state index contributed by atoms with van der Waals surface area (Å²) in [6.07, 6.45) is 1.01.